The summed E-state index contributed by atoms with van der Waals surface area (Å²) in [6.45, 7) is 6.81. The quantitative estimate of drug-likeness (QED) is 0.508. The molecule has 2 aromatic carbocycles. The van der Waals surface area contributed by atoms with Crippen molar-refractivity contribution in [2.24, 2.45) is 11.3 Å². The summed E-state index contributed by atoms with van der Waals surface area (Å²) in [5.41, 5.74) is 1.77. The number of likely N-dealkylation sites (tertiary alicyclic amines) is 1. The Bertz CT molecular complexity index is 988. The van der Waals surface area contributed by atoms with Crippen LogP contribution in [0.4, 0.5) is 4.39 Å². The average Bonchev–Trinajstić information content (AvgIpc) is 3.30. The van der Waals surface area contributed by atoms with E-state index >= 15 is 0 Å². The van der Waals surface area contributed by atoms with Crippen molar-refractivity contribution < 1.29 is 13.9 Å². The van der Waals surface area contributed by atoms with Crippen molar-refractivity contribution in [3.8, 4) is 5.75 Å². The number of benzene rings is 2. The van der Waals surface area contributed by atoms with Crippen molar-refractivity contribution in [3.05, 3.63) is 64.4 Å². The number of nitrogens with zero attached hydrogens (tertiary/aromatic N) is 1. The Morgan fingerprint density at radius 3 is 2.53 bits per heavy atom. The van der Waals surface area contributed by atoms with Gasteiger partial charge in [0.05, 0.1) is 12.5 Å². The lowest BCUT2D eigenvalue weighted by Crippen LogP contribution is -2.45. The van der Waals surface area contributed by atoms with E-state index in [2.05, 4.69) is 24.1 Å². The third-order valence-electron chi connectivity index (χ3n) is 8.15. The largest absolute Gasteiger partial charge is 0.496 e. The topological polar surface area (TPSA) is 41.6 Å². The molecule has 1 amide bonds. The molecule has 0 bridgehead atoms. The maximum atomic E-state index is 13.5. The summed E-state index contributed by atoms with van der Waals surface area (Å²) < 4.78 is 18.7. The van der Waals surface area contributed by atoms with Gasteiger partial charge in [-0.15, -0.1) is 0 Å². The van der Waals surface area contributed by atoms with Crippen molar-refractivity contribution >= 4 is 17.5 Å². The van der Waals surface area contributed by atoms with E-state index in [-0.39, 0.29) is 23.1 Å². The van der Waals surface area contributed by atoms with E-state index in [1.165, 1.54) is 5.56 Å². The second-order valence-electron chi connectivity index (χ2n) is 10.2. The van der Waals surface area contributed by atoms with Crippen LogP contribution in [0.25, 0.3) is 0 Å². The fourth-order valence-corrected chi connectivity index (χ4v) is 6.12. The Kier molecular flexibility index (Phi) is 7.83. The molecule has 1 N–H and O–H groups in total. The molecule has 0 radical (unpaired) electrons. The highest BCUT2D eigenvalue weighted by molar-refractivity contribution is 6.30. The number of halogens is 2. The number of rotatable bonds is 7. The van der Waals surface area contributed by atoms with Crippen molar-refractivity contribution in [1.29, 1.82) is 0 Å². The number of carbonyl (C=O) groups is 1. The summed E-state index contributed by atoms with van der Waals surface area (Å²) in [6.07, 6.45) is 5.01. The first-order valence-corrected chi connectivity index (χ1v) is 12.8. The lowest BCUT2D eigenvalue weighted by Gasteiger charge is -2.38. The molecule has 6 heteroatoms. The molecule has 34 heavy (non-hydrogen) atoms. The minimum Gasteiger partial charge on any atom is -0.496 e. The van der Waals surface area contributed by atoms with Gasteiger partial charge in [0.1, 0.15) is 11.6 Å². The summed E-state index contributed by atoms with van der Waals surface area (Å²) in [7, 11) is 1.63. The van der Waals surface area contributed by atoms with E-state index in [9.17, 15) is 9.18 Å². The van der Waals surface area contributed by atoms with Crippen LogP contribution in [0.5, 0.6) is 5.75 Å². The maximum Gasteiger partial charge on any atom is 0.226 e. The molecule has 1 saturated carbocycles. The van der Waals surface area contributed by atoms with Crippen molar-refractivity contribution in [3.63, 3.8) is 0 Å². The van der Waals surface area contributed by atoms with E-state index < -0.39 is 0 Å². The number of piperidine rings is 1. The third kappa shape index (κ3) is 5.26. The fourth-order valence-electron chi connectivity index (χ4n) is 5.92. The Hall–Kier alpha value is -2.11. The highest BCUT2D eigenvalue weighted by Gasteiger charge is 2.49. The zero-order valence-electron chi connectivity index (χ0n) is 20.4. The summed E-state index contributed by atoms with van der Waals surface area (Å²) in [6, 6.07) is 12.9. The Balaban J connectivity index is 1.37. The van der Waals surface area contributed by atoms with Crippen LogP contribution < -0.4 is 10.1 Å². The van der Waals surface area contributed by atoms with Gasteiger partial charge < -0.3 is 15.0 Å². The molecule has 2 aromatic rings. The molecule has 4 nitrogen and oxygen atoms in total. The van der Waals surface area contributed by atoms with Crippen LogP contribution in [0, 0.1) is 17.2 Å². The van der Waals surface area contributed by atoms with Gasteiger partial charge in [0.2, 0.25) is 5.91 Å². The highest BCUT2D eigenvalue weighted by atomic mass is 35.5. The van der Waals surface area contributed by atoms with E-state index in [0.717, 1.165) is 56.5 Å². The first kappa shape index (κ1) is 25.0. The average molecular weight is 487 g/mol. The molecule has 1 aliphatic carbocycles. The van der Waals surface area contributed by atoms with Gasteiger partial charge in [-0.05, 0) is 92.9 Å². The molecule has 2 fully saturated rings. The molecule has 1 saturated heterocycles. The molecular weight excluding hydrogens is 451 g/mol. The zero-order valence-corrected chi connectivity index (χ0v) is 21.2. The Morgan fingerprint density at radius 1 is 1.18 bits per heavy atom. The van der Waals surface area contributed by atoms with Gasteiger partial charge in [0.25, 0.3) is 0 Å². The maximum absolute atomic E-state index is 13.5. The predicted octanol–water partition coefficient (Wildman–Crippen LogP) is 6.18. The summed E-state index contributed by atoms with van der Waals surface area (Å²) in [5.74, 6) is 1.44. The minimum absolute atomic E-state index is 0.133. The Labute approximate surface area is 207 Å². The number of carbonyl (C=O) groups excluding carboxylic acids is 1. The summed E-state index contributed by atoms with van der Waals surface area (Å²) >= 11 is 6.16. The molecule has 2 aliphatic rings. The van der Waals surface area contributed by atoms with Gasteiger partial charge in [0.15, 0.2) is 0 Å². The smallest absolute Gasteiger partial charge is 0.226 e. The monoisotopic (exact) mass is 486 g/mol. The number of hydrogen-bond acceptors (Lipinski definition) is 3. The standard InChI is InChI=1S/C28H36ClFN2O2/c1-19(2)28(27(33)31-18-22-16-23(29)6-9-26(22)34-3)13-10-25(17-28)32-14-11-21(12-15-32)20-4-7-24(30)8-5-20/h4-9,16,19,21,25H,10-15,17-18H2,1-3H3,(H,31,33). The summed E-state index contributed by atoms with van der Waals surface area (Å²) in [5, 5.41) is 3.83. The van der Waals surface area contributed by atoms with Crippen LogP contribution in [0.3, 0.4) is 0 Å². The van der Waals surface area contributed by atoms with Crippen LogP contribution in [-0.4, -0.2) is 37.0 Å². The lowest BCUT2D eigenvalue weighted by atomic mass is 9.74. The van der Waals surface area contributed by atoms with Gasteiger partial charge in [-0.3, -0.25) is 4.79 Å². The van der Waals surface area contributed by atoms with Crippen molar-refractivity contribution in [2.75, 3.05) is 20.2 Å². The first-order chi connectivity index (χ1) is 16.3. The van der Waals surface area contributed by atoms with Crippen molar-refractivity contribution in [2.45, 2.75) is 64.5 Å². The van der Waals surface area contributed by atoms with E-state index in [1.807, 2.05) is 24.3 Å². The Morgan fingerprint density at radius 2 is 1.88 bits per heavy atom. The first-order valence-electron chi connectivity index (χ1n) is 12.4. The van der Waals surface area contributed by atoms with E-state index in [4.69, 9.17) is 16.3 Å². The molecular formula is C28H36ClFN2O2. The molecule has 0 spiro atoms. The van der Waals surface area contributed by atoms with Gasteiger partial charge in [-0.2, -0.15) is 0 Å². The number of nitrogens with one attached hydrogen (secondary N) is 1. The van der Waals surface area contributed by atoms with E-state index in [0.29, 0.717) is 23.5 Å². The van der Waals surface area contributed by atoms with E-state index in [1.54, 1.807) is 25.3 Å². The molecule has 0 aromatic heterocycles. The third-order valence-corrected chi connectivity index (χ3v) is 8.39. The number of ether oxygens (including phenoxy) is 1. The summed E-state index contributed by atoms with van der Waals surface area (Å²) in [4.78, 5) is 16.1. The second-order valence-corrected chi connectivity index (χ2v) is 10.6. The highest BCUT2D eigenvalue weighted by Crippen LogP contribution is 2.47. The van der Waals surface area contributed by atoms with Crippen LogP contribution in [-0.2, 0) is 11.3 Å². The minimum atomic E-state index is -0.357. The van der Waals surface area contributed by atoms with Gasteiger partial charge in [0, 0.05) is 23.2 Å². The van der Waals surface area contributed by atoms with Gasteiger partial charge in [-0.25, -0.2) is 4.39 Å². The molecule has 2 atom stereocenters. The fraction of sp³-hybridized carbons (Fsp3) is 0.536. The van der Waals surface area contributed by atoms with Crippen LogP contribution in [0.2, 0.25) is 5.02 Å². The molecule has 4 rings (SSSR count). The molecule has 1 aliphatic heterocycles. The lowest BCUT2D eigenvalue weighted by molar-refractivity contribution is -0.133. The number of amides is 1. The van der Waals surface area contributed by atoms with Crippen LogP contribution in [0.1, 0.15) is 63.0 Å². The molecule has 184 valence electrons. The molecule has 2 unspecified atom stereocenters. The zero-order chi connectivity index (χ0) is 24.3. The number of hydrogen-bond donors (Lipinski definition) is 1. The normalized spacial score (nSPS) is 23.9. The van der Waals surface area contributed by atoms with Crippen LogP contribution >= 0.6 is 11.6 Å². The van der Waals surface area contributed by atoms with Crippen molar-refractivity contribution in [1.82, 2.24) is 10.2 Å². The van der Waals surface area contributed by atoms with Gasteiger partial charge >= 0.3 is 0 Å². The predicted molar refractivity (Wildman–Crippen MR) is 135 cm³/mol. The van der Waals surface area contributed by atoms with Gasteiger partial charge in [-0.1, -0.05) is 37.6 Å². The van der Waals surface area contributed by atoms with Crippen LogP contribution in [0.15, 0.2) is 42.5 Å². The number of methoxy groups -OCH3 is 1. The second kappa shape index (κ2) is 10.7. The molecule has 1 heterocycles. The SMILES string of the molecule is COc1ccc(Cl)cc1CNC(=O)C1(C(C)C)CCC(N2CCC(c3ccc(F)cc3)CC2)C1.